The number of benzene rings is 2. The van der Waals surface area contributed by atoms with E-state index in [1.165, 1.54) is 0 Å². The number of ketones is 1. The van der Waals surface area contributed by atoms with Gasteiger partial charge < -0.3 is 5.32 Å². The Morgan fingerprint density at radius 2 is 1.20 bits per heavy atom. The monoisotopic (exact) mass is 747 g/mol. The minimum Gasteiger partial charge on any atom is -0.348 e. The van der Waals surface area contributed by atoms with Crippen molar-refractivity contribution in [3.8, 4) is 33.6 Å². The Labute approximate surface area is 312 Å². The second-order valence-electron chi connectivity index (χ2n) is 14.9. The van der Waals surface area contributed by atoms with Crippen LogP contribution in [0.4, 0.5) is 0 Å². The summed E-state index contributed by atoms with van der Waals surface area (Å²) in [6.45, 7) is 8.97. The highest BCUT2D eigenvalue weighted by atomic mass is 35.5. The van der Waals surface area contributed by atoms with E-state index in [0.29, 0.717) is 69.9 Å². The van der Waals surface area contributed by atoms with Gasteiger partial charge in [-0.2, -0.15) is 0 Å². The van der Waals surface area contributed by atoms with E-state index >= 15 is 0 Å². The molecule has 4 aromatic rings. The van der Waals surface area contributed by atoms with Crippen molar-refractivity contribution in [2.45, 2.75) is 64.6 Å². The summed E-state index contributed by atoms with van der Waals surface area (Å²) in [6, 6.07) is 15.8. The van der Waals surface area contributed by atoms with E-state index in [1.807, 2.05) is 55.5 Å². The van der Waals surface area contributed by atoms with Crippen LogP contribution in [0.5, 0.6) is 0 Å². The molecule has 3 saturated heterocycles. The average Bonchev–Trinajstić information content (AvgIpc) is 3.63. The summed E-state index contributed by atoms with van der Waals surface area (Å²) in [6.07, 6.45) is 3.89. The van der Waals surface area contributed by atoms with Gasteiger partial charge in [-0.25, -0.2) is 9.97 Å². The largest absolute Gasteiger partial charge is 0.348 e. The van der Waals surface area contributed by atoms with Crippen molar-refractivity contribution in [3.05, 3.63) is 91.1 Å². The van der Waals surface area contributed by atoms with Crippen molar-refractivity contribution in [1.82, 2.24) is 25.1 Å². The summed E-state index contributed by atoms with van der Waals surface area (Å²) in [7, 11) is 0. The quantitative estimate of drug-likeness (QED) is 0.191. The Morgan fingerprint density at radius 3 is 1.64 bits per heavy atom. The maximum Gasteiger partial charge on any atom is 0.220 e. The van der Waals surface area contributed by atoms with Gasteiger partial charge in [-0.15, -0.1) is 0 Å². The van der Waals surface area contributed by atoms with E-state index in [1.54, 1.807) is 0 Å². The van der Waals surface area contributed by atoms with E-state index in [-0.39, 0.29) is 16.9 Å². The maximum atomic E-state index is 11.9. The first kappa shape index (κ1) is 34.1. The Morgan fingerprint density at radius 1 is 0.700 bits per heavy atom. The van der Waals surface area contributed by atoms with Crippen LogP contribution >= 0.6 is 46.4 Å². The topological polar surface area (TPSA) is 78.4 Å². The molecular formula is C39H37Cl4N5O2. The lowest BCUT2D eigenvalue weighted by molar-refractivity contribution is -0.121. The third kappa shape index (κ3) is 6.14. The average molecular weight is 750 g/mol. The first-order valence-electron chi connectivity index (χ1n) is 17.1. The molecule has 8 rings (SSSR count). The number of aromatic nitrogens is 2. The van der Waals surface area contributed by atoms with Gasteiger partial charge in [-0.1, -0.05) is 82.8 Å². The van der Waals surface area contributed by atoms with Gasteiger partial charge in [0, 0.05) is 97.3 Å². The number of amides is 1. The van der Waals surface area contributed by atoms with Crippen molar-refractivity contribution in [2.75, 3.05) is 26.2 Å². The number of carbonyl (C=O) groups is 2. The molecule has 1 saturated carbocycles. The fourth-order valence-electron chi connectivity index (χ4n) is 8.52. The molecule has 11 heteroatoms. The van der Waals surface area contributed by atoms with Gasteiger partial charge in [-0.3, -0.25) is 19.4 Å². The zero-order valence-electron chi connectivity index (χ0n) is 28.0. The van der Waals surface area contributed by atoms with Crippen molar-refractivity contribution < 1.29 is 9.59 Å². The van der Waals surface area contributed by atoms with Crippen LogP contribution in [0.2, 0.25) is 20.4 Å². The summed E-state index contributed by atoms with van der Waals surface area (Å²) in [5.74, 6) is 0.523. The Bertz CT molecular complexity index is 1880. The molecule has 2 spiro atoms. The first-order valence-corrected chi connectivity index (χ1v) is 18.6. The Hall–Kier alpha value is -3.04. The molecule has 0 bridgehead atoms. The predicted molar refractivity (Wildman–Crippen MR) is 200 cm³/mol. The number of Topliss-reactive ketones (excluding diaryl/α,β-unsaturated/α-hetero) is 1. The number of nitrogens with zero attached hydrogens (tertiary/aromatic N) is 4. The zero-order valence-corrected chi connectivity index (χ0v) is 31.0. The molecule has 0 radical (unpaired) electrons. The lowest BCUT2D eigenvalue weighted by Crippen LogP contribution is -2.66. The van der Waals surface area contributed by atoms with Crippen molar-refractivity contribution in [3.63, 3.8) is 0 Å². The highest BCUT2D eigenvalue weighted by Crippen LogP contribution is 2.46. The summed E-state index contributed by atoms with van der Waals surface area (Å²) in [5, 5.41) is 5.10. The van der Waals surface area contributed by atoms with Crippen LogP contribution in [-0.2, 0) is 22.7 Å². The number of hydrogen-bond donors (Lipinski definition) is 1. The molecule has 1 amide bonds. The SMILES string of the molecule is Cc1cc(-c2cccc(-c3cccc(-c4cc(C)c(CN5CC6(CCC(=O)N6)C5)c(Cl)n4)c3Cl)c2Cl)nc(Cl)c1CN1CC2(CCC(=O)C2)C1. The fourth-order valence-corrected chi connectivity index (χ4v) is 9.76. The van der Waals surface area contributed by atoms with Gasteiger partial charge in [0.25, 0.3) is 0 Å². The number of rotatable bonds is 7. The van der Waals surface area contributed by atoms with Gasteiger partial charge in [0.1, 0.15) is 16.1 Å². The number of aryl methyl sites for hydroxylation is 2. The van der Waals surface area contributed by atoms with Crippen LogP contribution in [0.3, 0.4) is 0 Å². The first-order chi connectivity index (χ1) is 23.9. The standard InChI is InChI=1S/C39H37Cl4N5O2/c1-22-13-31(44-36(42)29(22)16-47-18-38(19-47)11-9-24(49)15-38)27-7-3-5-25(34(27)40)26-6-4-8-28(35(26)41)32-14-23(2)30(37(43)45-32)17-48-20-39(21-48)12-10-33(50)46-39/h3-8,13-14H,9-12,15-21H2,1-2H3,(H,46,50). The second kappa shape index (κ2) is 12.9. The summed E-state index contributed by atoms with van der Waals surface area (Å²) in [4.78, 5) is 37.9. The number of carbonyl (C=O) groups excluding carboxylic acids is 2. The molecule has 1 aliphatic carbocycles. The number of halogens is 4. The van der Waals surface area contributed by atoms with Crippen LogP contribution in [0.1, 0.15) is 54.4 Å². The second-order valence-corrected chi connectivity index (χ2v) is 16.3. The molecule has 4 fully saturated rings. The highest BCUT2D eigenvalue weighted by molar-refractivity contribution is 6.39. The van der Waals surface area contributed by atoms with E-state index < -0.39 is 0 Å². The molecule has 50 heavy (non-hydrogen) atoms. The van der Waals surface area contributed by atoms with Crippen molar-refractivity contribution in [2.24, 2.45) is 5.41 Å². The highest BCUT2D eigenvalue weighted by Gasteiger charge is 2.48. The van der Waals surface area contributed by atoms with E-state index in [0.717, 1.165) is 83.5 Å². The third-order valence-corrected chi connectivity index (χ3v) is 12.5. The van der Waals surface area contributed by atoms with Gasteiger partial charge in [0.2, 0.25) is 5.91 Å². The molecule has 258 valence electrons. The minimum atomic E-state index is -0.0844. The van der Waals surface area contributed by atoms with Gasteiger partial charge >= 0.3 is 0 Å². The third-order valence-electron chi connectivity index (χ3n) is 11.1. The van der Waals surface area contributed by atoms with Crippen LogP contribution < -0.4 is 5.32 Å². The molecule has 1 N–H and O–H groups in total. The molecule has 0 unspecified atom stereocenters. The molecule has 2 aromatic carbocycles. The Kier molecular flexibility index (Phi) is 8.77. The van der Waals surface area contributed by atoms with E-state index in [4.69, 9.17) is 56.4 Å². The van der Waals surface area contributed by atoms with Crippen LogP contribution in [0, 0.1) is 19.3 Å². The van der Waals surface area contributed by atoms with Crippen LogP contribution in [-0.4, -0.2) is 63.2 Å². The predicted octanol–water partition coefficient (Wildman–Crippen LogP) is 8.73. The zero-order chi connectivity index (χ0) is 34.9. The Balaban J connectivity index is 1.02. The van der Waals surface area contributed by atoms with Crippen molar-refractivity contribution >= 4 is 58.1 Å². The smallest absolute Gasteiger partial charge is 0.220 e. The molecule has 3 aliphatic heterocycles. The van der Waals surface area contributed by atoms with Gasteiger partial charge in [0.15, 0.2) is 0 Å². The van der Waals surface area contributed by atoms with Crippen molar-refractivity contribution in [1.29, 1.82) is 0 Å². The molecule has 0 atom stereocenters. The number of nitrogens with one attached hydrogen (secondary N) is 1. The number of pyridine rings is 2. The molecular weight excluding hydrogens is 712 g/mol. The van der Waals surface area contributed by atoms with Gasteiger partial charge in [-0.05, 0) is 49.9 Å². The molecule has 2 aromatic heterocycles. The number of likely N-dealkylation sites (tertiary alicyclic amines) is 2. The lowest BCUT2D eigenvalue weighted by atomic mass is 9.78. The maximum absolute atomic E-state index is 11.9. The fraction of sp³-hybridized carbons (Fsp3) is 0.385. The van der Waals surface area contributed by atoms with E-state index in [2.05, 4.69) is 22.0 Å². The lowest BCUT2D eigenvalue weighted by Gasteiger charge is -2.48. The molecule has 5 heterocycles. The van der Waals surface area contributed by atoms with E-state index in [9.17, 15) is 9.59 Å². The molecule has 4 aliphatic rings. The summed E-state index contributed by atoms with van der Waals surface area (Å²) >= 11 is 27.9. The summed E-state index contributed by atoms with van der Waals surface area (Å²) < 4.78 is 0. The van der Waals surface area contributed by atoms with Gasteiger partial charge in [0.05, 0.1) is 27.0 Å². The van der Waals surface area contributed by atoms with Crippen LogP contribution in [0.25, 0.3) is 33.6 Å². The minimum absolute atomic E-state index is 0.0844. The normalized spacial score (nSPS) is 19.6. The number of hydrogen-bond acceptors (Lipinski definition) is 6. The summed E-state index contributed by atoms with van der Waals surface area (Å²) in [5.41, 5.74) is 8.59. The molecule has 7 nitrogen and oxygen atoms in total. The van der Waals surface area contributed by atoms with Crippen LogP contribution in [0.15, 0.2) is 48.5 Å².